The zero-order chi connectivity index (χ0) is 15.9. The summed E-state index contributed by atoms with van der Waals surface area (Å²) < 4.78 is 9.66. The second kappa shape index (κ2) is 7.82. The van der Waals surface area contributed by atoms with Crippen molar-refractivity contribution in [3.8, 4) is 0 Å². The van der Waals surface area contributed by atoms with Crippen LogP contribution in [-0.2, 0) is 19.1 Å². The molecule has 0 atom stereocenters. The smallest absolute Gasteiger partial charge is 0.317 e. The van der Waals surface area contributed by atoms with Crippen molar-refractivity contribution in [2.45, 2.75) is 19.3 Å². The summed E-state index contributed by atoms with van der Waals surface area (Å²) in [5.41, 5.74) is -0.975. The van der Waals surface area contributed by atoms with Gasteiger partial charge in [0.25, 0.3) is 0 Å². The number of carbonyl (C=O) groups excluding carboxylic acids is 2. The quantitative estimate of drug-likeness (QED) is 0.673. The highest BCUT2D eigenvalue weighted by Crippen LogP contribution is 2.30. The molecule has 21 heavy (non-hydrogen) atoms. The molecule has 0 aromatic carbocycles. The van der Waals surface area contributed by atoms with E-state index in [1.54, 1.807) is 0 Å². The molecule has 0 bridgehead atoms. The molecule has 1 rings (SSSR count). The van der Waals surface area contributed by atoms with Gasteiger partial charge in [0, 0.05) is 33.4 Å². The van der Waals surface area contributed by atoms with Gasteiger partial charge < -0.3 is 24.8 Å². The maximum atomic E-state index is 11.9. The lowest BCUT2D eigenvalue weighted by Crippen LogP contribution is -2.49. The van der Waals surface area contributed by atoms with Gasteiger partial charge in [0.05, 0.1) is 18.9 Å². The van der Waals surface area contributed by atoms with E-state index in [2.05, 4.69) is 10.1 Å². The van der Waals surface area contributed by atoms with Crippen molar-refractivity contribution in [1.29, 1.82) is 0 Å². The lowest BCUT2D eigenvalue weighted by atomic mass is 9.80. The normalized spacial score (nSPS) is 16.9. The fourth-order valence-electron chi connectivity index (χ4n) is 2.07. The number of esters is 1. The number of carbonyl (C=O) groups is 3. The zero-order valence-electron chi connectivity index (χ0n) is 12.4. The number of carboxylic acids is 1. The molecule has 2 N–H and O–H groups in total. The number of aliphatic carboxylic acids is 1. The summed E-state index contributed by atoms with van der Waals surface area (Å²) in [5.74, 6) is -1.33. The summed E-state index contributed by atoms with van der Waals surface area (Å²) in [6, 6.07) is -0.411. The Bertz CT molecular complexity index is 392. The third kappa shape index (κ3) is 4.89. The number of urea groups is 1. The predicted molar refractivity (Wildman–Crippen MR) is 72.8 cm³/mol. The van der Waals surface area contributed by atoms with Gasteiger partial charge in [-0.2, -0.15) is 0 Å². The SMILES string of the molecule is COC(=O)CCN(C)C(=O)NCC1(C(=O)O)CCOCC1. The van der Waals surface area contributed by atoms with Crippen molar-refractivity contribution in [3.63, 3.8) is 0 Å². The Morgan fingerprint density at radius 1 is 1.33 bits per heavy atom. The van der Waals surface area contributed by atoms with Crippen LogP contribution in [0.1, 0.15) is 19.3 Å². The van der Waals surface area contributed by atoms with Gasteiger partial charge in [-0.1, -0.05) is 0 Å². The summed E-state index contributed by atoms with van der Waals surface area (Å²) in [4.78, 5) is 35.7. The number of methoxy groups -OCH3 is 1. The van der Waals surface area contributed by atoms with E-state index in [-0.39, 0.29) is 19.5 Å². The molecule has 1 saturated heterocycles. The van der Waals surface area contributed by atoms with Crippen LogP contribution in [0.4, 0.5) is 4.79 Å². The highest BCUT2D eigenvalue weighted by molar-refractivity contribution is 5.78. The van der Waals surface area contributed by atoms with Crippen LogP contribution >= 0.6 is 0 Å². The highest BCUT2D eigenvalue weighted by atomic mass is 16.5. The molecule has 0 spiro atoms. The monoisotopic (exact) mass is 302 g/mol. The standard InChI is InChI=1S/C13H22N2O6/c1-15(6-3-10(16)20-2)12(19)14-9-13(11(17)18)4-7-21-8-5-13/h3-9H2,1-2H3,(H,14,19)(H,17,18). The Labute approximate surface area is 123 Å². The van der Waals surface area contributed by atoms with Gasteiger partial charge in [0.15, 0.2) is 0 Å². The van der Waals surface area contributed by atoms with Crippen molar-refractivity contribution >= 4 is 18.0 Å². The minimum absolute atomic E-state index is 0.0487. The van der Waals surface area contributed by atoms with Gasteiger partial charge in [-0.05, 0) is 12.8 Å². The average Bonchev–Trinajstić information content (AvgIpc) is 2.50. The highest BCUT2D eigenvalue weighted by Gasteiger charge is 2.40. The summed E-state index contributed by atoms with van der Waals surface area (Å²) in [7, 11) is 2.82. The first-order valence-electron chi connectivity index (χ1n) is 6.78. The van der Waals surface area contributed by atoms with Crippen LogP contribution in [0.15, 0.2) is 0 Å². The van der Waals surface area contributed by atoms with Gasteiger partial charge in [0.1, 0.15) is 0 Å². The minimum atomic E-state index is -0.975. The number of hydrogen-bond donors (Lipinski definition) is 2. The number of carboxylic acid groups (broad SMARTS) is 1. The van der Waals surface area contributed by atoms with E-state index in [0.29, 0.717) is 26.1 Å². The second-order valence-corrected chi connectivity index (χ2v) is 5.10. The molecule has 120 valence electrons. The Kier molecular flexibility index (Phi) is 6.41. The number of nitrogens with zero attached hydrogens (tertiary/aromatic N) is 1. The van der Waals surface area contributed by atoms with Crippen LogP contribution in [0.2, 0.25) is 0 Å². The summed E-state index contributed by atoms with van der Waals surface area (Å²) >= 11 is 0. The molecule has 1 heterocycles. The second-order valence-electron chi connectivity index (χ2n) is 5.10. The summed E-state index contributed by atoms with van der Waals surface area (Å²) in [6.45, 7) is 1.01. The molecule has 1 fully saturated rings. The molecule has 8 heteroatoms. The molecule has 0 aromatic rings. The number of amides is 2. The van der Waals surface area contributed by atoms with Gasteiger partial charge in [-0.15, -0.1) is 0 Å². The van der Waals surface area contributed by atoms with E-state index in [1.807, 2.05) is 0 Å². The first kappa shape index (κ1) is 17.2. The van der Waals surface area contributed by atoms with Gasteiger partial charge >= 0.3 is 18.0 Å². The molecular weight excluding hydrogens is 280 g/mol. The van der Waals surface area contributed by atoms with Crippen LogP contribution in [0.25, 0.3) is 0 Å². The molecule has 0 aromatic heterocycles. The fourth-order valence-corrected chi connectivity index (χ4v) is 2.07. The van der Waals surface area contributed by atoms with E-state index in [4.69, 9.17) is 4.74 Å². The van der Waals surface area contributed by atoms with Crippen LogP contribution in [0.5, 0.6) is 0 Å². The predicted octanol–water partition coefficient (Wildman–Crippen LogP) is 0.0723. The van der Waals surface area contributed by atoms with Gasteiger partial charge in [-0.25, -0.2) is 4.79 Å². The van der Waals surface area contributed by atoms with Crippen LogP contribution < -0.4 is 5.32 Å². The number of ether oxygens (including phenoxy) is 2. The fraction of sp³-hybridized carbons (Fsp3) is 0.769. The molecule has 1 aliphatic rings. The van der Waals surface area contributed by atoms with E-state index >= 15 is 0 Å². The summed E-state index contributed by atoms with van der Waals surface area (Å²) in [5, 5.41) is 12.0. The lowest BCUT2D eigenvalue weighted by Gasteiger charge is -2.33. The molecule has 0 saturated carbocycles. The third-order valence-corrected chi connectivity index (χ3v) is 3.71. The van der Waals surface area contributed by atoms with Gasteiger partial charge in [-0.3, -0.25) is 9.59 Å². The van der Waals surface area contributed by atoms with E-state index in [9.17, 15) is 19.5 Å². The van der Waals surface area contributed by atoms with E-state index in [1.165, 1.54) is 19.1 Å². The Hall–Kier alpha value is -1.83. The van der Waals surface area contributed by atoms with Crippen molar-refractivity contribution in [3.05, 3.63) is 0 Å². The number of hydrogen-bond acceptors (Lipinski definition) is 5. The van der Waals surface area contributed by atoms with Crippen LogP contribution in [0.3, 0.4) is 0 Å². The largest absolute Gasteiger partial charge is 0.481 e. The maximum absolute atomic E-state index is 11.9. The number of nitrogens with one attached hydrogen (secondary N) is 1. The average molecular weight is 302 g/mol. The lowest BCUT2D eigenvalue weighted by molar-refractivity contribution is -0.154. The molecule has 8 nitrogen and oxygen atoms in total. The molecule has 0 aliphatic carbocycles. The molecule has 2 amide bonds. The Morgan fingerprint density at radius 2 is 1.95 bits per heavy atom. The third-order valence-electron chi connectivity index (χ3n) is 3.71. The number of rotatable bonds is 6. The van der Waals surface area contributed by atoms with Crippen molar-refractivity contribution in [2.24, 2.45) is 5.41 Å². The first-order valence-corrected chi connectivity index (χ1v) is 6.78. The zero-order valence-corrected chi connectivity index (χ0v) is 12.4. The van der Waals surface area contributed by atoms with E-state index < -0.39 is 23.4 Å². The maximum Gasteiger partial charge on any atom is 0.317 e. The van der Waals surface area contributed by atoms with Crippen molar-refractivity contribution in [1.82, 2.24) is 10.2 Å². The Morgan fingerprint density at radius 3 is 2.48 bits per heavy atom. The molecule has 0 unspecified atom stereocenters. The van der Waals surface area contributed by atoms with Crippen molar-refractivity contribution in [2.75, 3.05) is 40.5 Å². The van der Waals surface area contributed by atoms with E-state index in [0.717, 1.165) is 0 Å². The first-order chi connectivity index (χ1) is 9.91. The van der Waals surface area contributed by atoms with Crippen LogP contribution in [-0.4, -0.2) is 68.4 Å². The van der Waals surface area contributed by atoms with Crippen LogP contribution in [0, 0.1) is 5.41 Å². The van der Waals surface area contributed by atoms with Gasteiger partial charge in [0.2, 0.25) is 0 Å². The molecule has 1 aliphatic heterocycles. The Balaban J connectivity index is 2.46. The summed E-state index contributed by atoms with van der Waals surface area (Å²) in [6.07, 6.45) is 0.835. The van der Waals surface area contributed by atoms with Crippen molar-refractivity contribution < 1.29 is 29.0 Å². The minimum Gasteiger partial charge on any atom is -0.481 e. The molecule has 0 radical (unpaired) electrons. The topological polar surface area (TPSA) is 105 Å². The molecular formula is C13H22N2O6.